The Morgan fingerprint density at radius 1 is 0.724 bits per heavy atom. The van der Waals surface area contributed by atoms with Crippen LogP contribution in [0.4, 0.5) is 5.69 Å². The van der Waals surface area contributed by atoms with E-state index in [1.165, 1.54) is 22.4 Å². The molecule has 0 radical (unpaired) electrons. The zero-order valence-electron chi connectivity index (χ0n) is 17.4. The molecule has 3 unspecified atom stereocenters. The summed E-state index contributed by atoms with van der Waals surface area (Å²) in [6.45, 7) is 4.40. The molecule has 0 bridgehead atoms. The van der Waals surface area contributed by atoms with E-state index in [0.717, 1.165) is 11.5 Å². The van der Waals surface area contributed by atoms with Crippen molar-refractivity contribution in [3.05, 3.63) is 89.5 Å². The molecule has 4 rings (SSSR count). The van der Waals surface area contributed by atoms with Gasteiger partial charge in [-0.1, -0.05) is 42.0 Å². The second-order valence-electron chi connectivity index (χ2n) is 7.58. The smallest absolute Gasteiger partial charge is 0.118 e. The van der Waals surface area contributed by atoms with Gasteiger partial charge in [0, 0.05) is 11.7 Å². The summed E-state index contributed by atoms with van der Waals surface area (Å²) in [5.74, 6) is 1.75. The minimum absolute atomic E-state index is 0.0747. The van der Waals surface area contributed by atoms with Crippen LogP contribution in [-0.2, 0) is 0 Å². The van der Waals surface area contributed by atoms with Crippen molar-refractivity contribution in [2.75, 3.05) is 19.1 Å². The third kappa shape index (κ3) is 3.81. The van der Waals surface area contributed by atoms with E-state index in [-0.39, 0.29) is 18.2 Å². The van der Waals surface area contributed by atoms with E-state index >= 15 is 0 Å². The number of methoxy groups -OCH3 is 2. The standard InChI is InChI=1S/C25H28N2O2/c1-17-5-11-21(12-6-17)27-18(2)24(19-7-13-22(28-3)14-8-19)26-25(27)20-9-15-23(29-4)16-10-20/h5-16,18,24-26H,1-4H3. The van der Waals surface area contributed by atoms with Crippen LogP contribution >= 0.6 is 0 Å². The predicted octanol–water partition coefficient (Wildman–Crippen LogP) is 5.25. The second kappa shape index (κ2) is 8.18. The molecule has 1 heterocycles. The number of rotatable bonds is 5. The molecule has 4 nitrogen and oxygen atoms in total. The number of hydrogen-bond acceptors (Lipinski definition) is 4. The minimum atomic E-state index is 0.0747. The van der Waals surface area contributed by atoms with E-state index in [4.69, 9.17) is 9.47 Å². The first-order valence-electron chi connectivity index (χ1n) is 9.99. The predicted molar refractivity (Wildman–Crippen MR) is 118 cm³/mol. The molecule has 1 aliphatic heterocycles. The summed E-state index contributed by atoms with van der Waals surface area (Å²) in [5.41, 5.74) is 4.95. The SMILES string of the molecule is COc1ccc(C2NC(c3ccc(OC)cc3)N(c3ccc(C)cc3)C2C)cc1. The average Bonchev–Trinajstić information content (AvgIpc) is 3.11. The van der Waals surface area contributed by atoms with Gasteiger partial charge in [-0.05, 0) is 61.4 Å². The van der Waals surface area contributed by atoms with Gasteiger partial charge < -0.3 is 14.4 Å². The van der Waals surface area contributed by atoms with Gasteiger partial charge in [0.15, 0.2) is 0 Å². The monoisotopic (exact) mass is 388 g/mol. The van der Waals surface area contributed by atoms with Crippen molar-refractivity contribution in [2.24, 2.45) is 0 Å². The van der Waals surface area contributed by atoms with Crippen molar-refractivity contribution in [3.8, 4) is 11.5 Å². The third-order valence-corrected chi connectivity index (χ3v) is 5.78. The number of hydrogen-bond donors (Lipinski definition) is 1. The molecular weight excluding hydrogens is 360 g/mol. The van der Waals surface area contributed by atoms with Gasteiger partial charge >= 0.3 is 0 Å². The van der Waals surface area contributed by atoms with Crippen LogP contribution in [0, 0.1) is 6.92 Å². The van der Waals surface area contributed by atoms with Crippen LogP contribution in [0.2, 0.25) is 0 Å². The lowest BCUT2D eigenvalue weighted by Crippen LogP contribution is -2.31. The van der Waals surface area contributed by atoms with Crippen LogP contribution in [0.5, 0.6) is 11.5 Å². The summed E-state index contributed by atoms with van der Waals surface area (Å²) in [6.07, 6.45) is 0.0747. The lowest BCUT2D eigenvalue weighted by Gasteiger charge is -2.31. The maximum atomic E-state index is 5.34. The quantitative estimate of drug-likeness (QED) is 0.647. The highest BCUT2D eigenvalue weighted by Crippen LogP contribution is 2.40. The number of aryl methyl sites for hydroxylation is 1. The van der Waals surface area contributed by atoms with Gasteiger partial charge in [0.25, 0.3) is 0 Å². The van der Waals surface area contributed by atoms with Crippen molar-refractivity contribution in [3.63, 3.8) is 0 Å². The Hall–Kier alpha value is -2.98. The summed E-state index contributed by atoms with van der Waals surface area (Å²) in [4.78, 5) is 2.47. The topological polar surface area (TPSA) is 33.7 Å². The van der Waals surface area contributed by atoms with Crippen molar-refractivity contribution in [1.29, 1.82) is 0 Å². The van der Waals surface area contributed by atoms with E-state index in [2.05, 4.69) is 72.6 Å². The van der Waals surface area contributed by atoms with Gasteiger partial charge in [-0.25, -0.2) is 0 Å². The van der Waals surface area contributed by atoms with Crippen LogP contribution < -0.4 is 19.7 Å². The Bertz CT molecular complexity index is 936. The molecule has 4 heteroatoms. The highest BCUT2D eigenvalue weighted by molar-refractivity contribution is 5.54. The first-order chi connectivity index (χ1) is 14.1. The zero-order chi connectivity index (χ0) is 20.4. The van der Waals surface area contributed by atoms with Gasteiger partial charge in [0.1, 0.15) is 17.7 Å². The van der Waals surface area contributed by atoms with Crippen LogP contribution in [0.25, 0.3) is 0 Å². The highest BCUT2D eigenvalue weighted by atomic mass is 16.5. The Labute approximate surface area is 173 Å². The van der Waals surface area contributed by atoms with Crippen molar-refractivity contribution in [2.45, 2.75) is 32.1 Å². The van der Waals surface area contributed by atoms with Gasteiger partial charge in [0.05, 0.1) is 20.3 Å². The average molecular weight is 389 g/mol. The highest BCUT2D eigenvalue weighted by Gasteiger charge is 2.39. The summed E-state index contributed by atoms with van der Waals surface area (Å²) >= 11 is 0. The van der Waals surface area contributed by atoms with E-state index in [0.29, 0.717) is 0 Å². The molecule has 0 spiro atoms. The molecule has 1 N–H and O–H groups in total. The van der Waals surface area contributed by atoms with Crippen LogP contribution in [0.3, 0.4) is 0 Å². The fourth-order valence-corrected chi connectivity index (χ4v) is 4.12. The fourth-order valence-electron chi connectivity index (χ4n) is 4.12. The van der Waals surface area contributed by atoms with E-state index in [1.807, 2.05) is 24.3 Å². The van der Waals surface area contributed by atoms with Crippen LogP contribution in [-0.4, -0.2) is 20.3 Å². The Kier molecular flexibility index (Phi) is 5.45. The minimum Gasteiger partial charge on any atom is -0.497 e. The van der Waals surface area contributed by atoms with Crippen LogP contribution in [0.1, 0.15) is 35.8 Å². The third-order valence-electron chi connectivity index (χ3n) is 5.78. The lowest BCUT2D eigenvalue weighted by atomic mass is 10.0. The summed E-state index contributed by atoms with van der Waals surface area (Å²) in [7, 11) is 3.40. The molecule has 3 aromatic carbocycles. The van der Waals surface area contributed by atoms with Crippen molar-refractivity contribution in [1.82, 2.24) is 5.32 Å². The van der Waals surface area contributed by atoms with E-state index < -0.39 is 0 Å². The zero-order valence-corrected chi connectivity index (χ0v) is 17.4. The molecule has 0 amide bonds. The van der Waals surface area contributed by atoms with Gasteiger partial charge in [-0.2, -0.15) is 0 Å². The molecule has 0 saturated carbocycles. The number of benzene rings is 3. The molecule has 0 aromatic heterocycles. The molecular formula is C25H28N2O2. The van der Waals surface area contributed by atoms with Crippen molar-refractivity contribution >= 4 is 5.69 Å². The normalized spacial score (nSPS) is 21.2. The molecule has 3 atom stereocenters. The molecule has 3 aromatic rings. The van der Waals surface area contributed by atoms with E-state index in [9.17, 15) is 0 Å². The molecule has 1 fully saturated rings. The first kappa shape index (κ1) is 19.3. The summed E-state index contributed by atoms with van der Waals surface area (Å²) in [5, 5.41) is 3.86. The number of anilines is 1. The number of ether oxygens (including phenoxy) is 2. The first-order valence-corrected chi connectivity index (χ1v) is 9.99. The Morgan fingerprint density at radius 3 is 1.76 bits per heavy atom. The largest absolute Gasteiger partial charge is 0.497 e. The fraction of sp³-hybridized carbons (Fsp3) is 0.280. The summed E-state index contributed by atoms with van der Waals surface area (Å²) < 4.78 is 10.7. The van der Waals surface area contributed by atoms with Crippen LogP contribution in [0.15, 0.2) is 72.8 Å². The molecule has 0 aliphatic carbocycles. The van der Waals surface area contributed by atoms with Crippen molar-refractivity contribution < 1.29 is 9.47 Å². The van der Waals surface area contributed by atoms with Gasteiger partial charge in [-0.3, -0.25) is 5.32 Å². The number of nitrogens with zero attached hydrogens (tertiary/aromatic N) is 1. The number of nitrogens with one attached hydrogen (secondary N) is 1. The van der Waals surface area contributed by atoms with Gasteiger partial charge in [-0.15, -0.1) is 0 Å². The summed E-state index contributed by atoms with van der Waals surface area (Å²) in [6, 6.07) is 25.9. The molecule has 150 valence electrons. The van der Waals surface area contributed by atoms with Gasteiger partial charge in [0.2, 0.25) is 0 Å². The molecule has 1 aliphatic rings. The molecule has 29 heavy (non-hydrogen) atoms. The molecule has 1 saturated heterocycles. The van der Waals surface area contributed by atoms with E-state index in [1.54, 1.807) is 14.2 Å². The lowest BCUT2D eigenvalue weighted by molar-refractivity contribution is 0.414. The Balaban J connectivity index is 1.72. The maximum absolute atomic E-state index is 5.34. The second-order valence-corrected chi connectivity index (χ2v) is 7.58. The maximum Gasteiger partial charge on any atom is 0.118 e. The Morgan fingerprint density at radius 2 is 1.24 bits per heavy atom.